The fourth-order valence-electron chi connectivity index (χ4n) is 1.70. The molecule has 4 heteroatoms. The summed E-state index contributed by atoms with van der Waals surface area (Å²) in [5.74, 6) is 1.36. The fourth-order valence-corrected chi connectivity index (χ4v) is 1.70. The Morgan fingerprint density at radius 1 is 1.16 bits per heavy atom. The van der Waals surface area contributed by atoms with E-state index in [2.05, 4.69) is 0 Å². The van der Waals surface area contributed by atoms with Crippen LogP contribution < -0.4 is 15.2 Å². The van der Waals surface area contributed by atoms with Crippen molar-refractivity contribution in [2.24, 2.45) is 0 Å². The molecule has 2 aromatic rings. The van der Waals surface area contributed by atoms with E-state index in [1.807, 2.05) is 6.92 Å². The second kappa shape index (κ2) is 5.61. The second-order valence-electron chi connectivity index (χ2n) is 4.11. The number of para-hydroxylation sites is 1. The van der Waals surface area contributed by atoms with E-state index in [1.165, 1.54) is 6.07 Å². The van der Waals surface area contributed by atoms with Crippen molar-refractivity contribution in [2.75, 3.05) is 12.3 Å². The highest BCUT2D eigenvalue weighted by Gasteiger charge is 2.08. The SMILES string of the molecule is CCOc1cccc(Oc2ccc(F)c(C)c2)c1N. The molecule has 0 atom stereocenters. The predicted molar refractivity (Wildman–Crippen MR) is 73.2 cm³/mol. The third kappa shape index (κ3) is 2.96. The summed E-state index contributed by atoms with van der Waals surface area (Å²) in [4.78, 5) is 0. The number of benzene rings is 2. The molecule has 0 aliphatic carbocycles. The standard InChI is InChI=1S/C15H16FNO2/c1-3-18-13-5-4-6-14(15(13)17)19-11-7-8-12(16)10(2)9-11/h4-9H,3,17H2,1-2H3. The van der Waals surface area contributed by atoms with Crippen molar-refractivity contribution in [3.8, 4) is 17.2 Å². The molecule has 0 spiro atoms. The van der Waals surface area contributed by atoms with Crippen LogP contribution in [0.1, 0.15) is 12.5 Å². The van der Waals surface area contributed by atoms with Gasteiger partial charge in [0.15, 0.2) is 5.75 Å². The maximum Gasteiger partial charge on any atom is 0.154 e. The molecule has 0 bridgehead atoms. The van der Waals surface area contributed by atoms with Crippen LogP contribution in [0, 0.1) is 12.7 Å². The molecule has 0 heterocycles. The van der Waals surface area contributed by atoms with E-state index in [1.54, 1.807) is 37.3 Å². The Labute approximate surface area is 111 Å². The summed E-state index contributed by atoms with van der Waals surface area (Å²) >= 11 is 0. The monoisotopic (exact) mass is 261 g/mol. The topological polar surface area (TPSA) is 44.5 Å². The van der Waals surface area contributed by atoms with Gasteiger partial charge in [0.05, 0.1) is 6.61 Å². The van der Waals surface area contributed by atoms with Crippen LogP contribution in [-0.4, -0.2) is 6.61 Å². The summed E-state index contributed by atoms with van der Waals surface area (Å²) in [5, 5.41) is 0. The van der Waals surface area contributed by atoms with Gasteiger partial charge in [0.2, 0.25) is 0 Å². The van der Waals surface area contributed by atoms with Gasteiger partial charge in [0, 0.05) is 0 Å². The van der Waals surface area contributed by atoms with Crippen molar-refractivity contribution >= 4 is 5.69 Å². The van der Waals surface area contributed by atoms with Crippen molar-refractivity contribution < 1.29 is 13.9 Å². The molecule has 0 unspecified atom stereocenters. The van der Waals surface area contributed by atoms with Crippen molar-refractivity contribution in [1.82, 2.24) is 0 Å². The lowest BCUT2D eigenvalue weighted by Crippen LogP contribution is -1.99. The number of anilines is 1. The number of nitrogen functional groups attached to an aromatic ring is 1. The summed E-state index contributed by atoms with van der Waals surface area (Å²) in [6.07, 6.45) is 0. The fraction of sp³-hybridized carbons (Fsp3) is 0.200. The summed E-state index contributed by atoms with van der Waals surface area (Å²) < 4.78 is 24.2. The zero-order chi connectivity index (χ0) is 13.8. The average molecular weight is 261 g/mol. The Hall–Kier alpha value is -2.23. The summed E-state index contributed by atoms with van der Waals surface area (Å²) in [7, 11) is 0. The second-order valence-corrected chi connectivity index (χ2v) is 4.11. The van der Waals surface area contributed by atoms with Gasteiger partial charge >= 0.3 is 0 Å². The minimum Gasteiger partial charge on any atom is -0.492 e. The van der Waals surface area contributed by atoms with Crippen LogP contribution in [0.2, 0.25) is 0 Å². The maximum atomic E-state index is 13.2. The molecule has 100 valence electrons. The first-order valence-electron chi connectivity index (χ1n) is 6.07. The molecule has 2 N–H and O–H groups in total. The summed E-state index contributed by atoms with van der Waals surface area (Å²) in [6, 6.07) is 9.88. The van der Waals surface area contributed by atoms with Gasteiger partial charge in [-0.25, -0.2) is 4.39 Å². The van der Waals surface area contributed by atoms with Crippen LogP contribution in [0.4, 0.5) is 10.1 Å². The molecular formula is C15H16FNO2. The first-order valence-corrected chi connectivity index (χ1v) is 6.07. The smallest absolute Gasteiger partial charge is 0.154 e. The minimum absolute atomic E-state index is 0.261. The van der Waals surface area contributed by atoms with Crippen molar-refractivity contribution in [1.29, 1.82) is 0 Å². The molecule has 0 radical (unpaired) electrons. The normalized spacial score (nSPS) is 10.3. The van der Waals surface area contributed by atoms with Crippen LogP contribution in [0.3, 0.4) is 0 Å². The van der Waals surface area contributed by atoms with E-state index >= 15 is 0 Å². The number of ether oxygens (including phenoxy) is 2. The van der Waals surface area contributed by atoms with Crippen molar-refractivity contribution in [3.63, 3.8) is 0 Å². The lowest BCUT2D eigenvalue weighted by Gasteiger charge is -2.12. The number of halogens is 1. The molecule has 0 aliphatic heterocycles. The van der Waals surface area contributed by atoms with Gasteiger partial charge in [-0.05, 0) is 49.7 Å². The maximum absolute atomic E-state index is 13.2. The zero-order valence-corrected chi connectivity index (χ0v) is 10.9. The van der Waals surface area contributed by atoms with Crippen LogP contribution >= 0.6 is 0 Å². The van der Waals surface area contributed by atoms with Gasteiger partial charge < -0.3 is 15.2 Å². The third-order valence-electron chi connectivity index (χ3n) is 2.68. The van der Waals surface area contributed by atoms with Gasteiger partial charge in [-0.1, -0.05) is 6.07 Å². The Morgan fingerprint density at radius 2 is 1.89 bits per heavy atom. The van der Waals surface area contributed by atoms with Gasteiger partial charge in [0.1, 0.15) is 23.0 Å². The highest BCUT2D eigenvalue weighted by molar-refractivity contribution is 5.63. The van der Waals surface area contributed by atoms with Gasteiger partial charge in [-0.2, -0.15) is 0 Å². The molecule has 0 saturated carbocycles. The minimum atomic E-state index is -0.261. The lowest BCUT2D eigenvalue weighted by molar-refractivity contribution is 0.340. The number of aryl methyl sites for hydroxylation is 1. The molecule has 0 aliphatic rings. The molecular weight excluding hydrogens is 245 g/mol. The number of rotatable bonds is 4. The summed E-state index contributed by atoms with van der Waals surface area (Å²) in [6.45, 7) is 4.10. The Bertz CT molecular complexity index is 584. The molecule has 0 saturated heterocycles. The van der Waals surface area contributed by atoms with E-state index < -0.39 is 0 Å². The van der Waals surface area contributed by atoms with Gasteiger partial charge in [0.25, 0.3) is 0 Å². The molecule has 0 amide bonds. The summed E-state index contributed by atoms with van der Waals surface area (Å²) in [5.41, 5.74) is 6.92. The molecule has 0 fully saturated rings. The highest BCUT2D eigenvalue weighted by atomic mass is 19.1. The van der Waals surface area contributed by atoms with E-state index in [-0.39, 0.29) is 5.82 Å². The number of nitrogens with two attached hydrogens (primary N) is 1. The Kier molecular flexibility index (Phi) is 3.90. The van der Waals surface area contributed by atoms with E-state index in [9.17, 15) is 4.39 Å². The van der Waals surface area contributed by atoms with Gasteiger partial charge in [-0.3, -0.25) is 0 Å². The predicted octanol–water partition coefficient (Wildman–Crippen LogP) is 3.91. The zero-order valence-electron chi connectivity index (χ0n) is 10.9. The van der Waals surface area contributed by atoms with E-state index in [4.69, 9.17) is 15.2 Å². The van der Waals surface area contributed by atoms with E-state index in [0.29, 0.717) is 35.1 Å². The molecule has 0 aromatic heterocycles. The van der Waals surface area contributed by atoms with E-state index in [0.717, 1.165) is 0 Å². The van der Waals surface area contributed by atoms with Crippen LogP contribution in [0.25, 0.3) is 0 Å². The molecule has 19 heavy (non-hydrogen) atoms. The number of hydrogen-bond donors (Lipinski definition) is 1. The first-order chi connectivity index (χ1) is 9.11. The van der Waals surface area contributed by atoms with Crippen LogP contribution in [0.5, 0.6) is 17.2 Å². The molecule has 2 rings (SSSR count). The molecule has 2 aromatic carbocycles. The molecule has 3 nitrogen and oxygen atoms in total. The average Bonchev–Trinajstić information content (AvgIpc) is 2.39. The third-order valence-corrected chi connectivity index (χ3v) is 2.68. The van der Waals surface area contributed by atoms with Crippen LogP contribution in [-0.2, 0) is 0 Å². The Balaban J connectivity index is 2.27. The van der Waals surface area contributed by atoms with Crippen molar-refractivity contribution in [2.45, 2.75) is 13.8 Å². The highest BCUT2D eigenvalue weighted by Crippen LogP contribution is 2.34. The van der Waals surface area contributed by atoms with Gasteiger partial charge in [-0.15, -0.1) is 0 Å². The van der Waals surface area contributed by atoms with Crippen LogP contribution in [0.15, 0.2) is 36.4 Å². The first kappa shape index (κ1) is 13.2. The van der Waals surface area contributed by atoms with Crippen molar-refractivity contribution in [3.05, 3.63) is 47.8 Å². The lowest BCUT2D eigenvalue weighted by atomic mass is 10.2. The quantitative estimate of drug-likeness (QED) is 0.849. The largest absolute Gasteiger partial charge is 0.492 e. The Morgan fingerprint density at radius 3 is 2.58 bits per heavy atom. The number of hydrogen-bond acceptors (Lipinski definition) is 3.